The third kappa shape index (κ3) is 4.21. The summed E-state index contributed by atoms with van der Waals surface area (Å²) >= 11 is 0. The summed E-state index contributed by atoms with van der Waals surface area (Å²) in [5.74, 6) is 0.618. The van der Waals surface area contributed by atoms with Crippen molar-refractivity contribution < 1.29 is 16.8 Å². The largest absolute Gasteiger partial charge is 0.501 e. The Morgan fingerprint density at radius 3 is 1.23 bits per heavy atom. The molecule has 0 aromatic heterocycles. The molecule has 0 aliphatic heterocycles. The van der Waals surface area contributed by atoms with Gasteiger partial charge in [0.15, 0.2) is 11.5 Å². The summed E-state index contributed by atoms with van der Waals surface area (Å²) in [7, 11) is -4.18. The van der Waals surface area contributed by atoms with E-state index in [0.717, 1.165) is 22.3 Å². The van der Waals surface area contributed by atoms with Crippen molar-refractivity contribution in [3.8, 4) is 11.5 Å². The number of rotatable bonds is 4. The molecule has 0 aliphatic carbocycles. The molecule has 2 aromatic carbocycles. The zero-order valence-corrected chi connectivity index (χ0v) is 15.4. The molecule has 22 heavy (non-hydrogen) atoms. The van der Waals surface area contributed by atoms with Crippen molar-refractivity contribution in [1.29, 1.82) is 0 Å². The summed E-state index contributed by atoms with van der Waals surface area (Å²) in [6.45, 7) is 7.15. The molecule has 4 nitrogen and oxygen atoms in total. The van der Waals surface area contributed by atoms with Gasteiger partial charge in [-0.25, -0.2) is 0 Å². The Bertz CT molecular complexity index is 670. The van der Waals surface area contributed by atoms with Crippen LogP contribution in [-0.2, 0) is 10.4 Å². The molecule has 1 unspecified atom stereocenters. The molecule has 6 heteroatoms. The second-order valence-corrected chi connectivity index (χ2v) is 6.17. The first-order valence-electron chi connectivity index (χ1n) is 6.56. The summed E-state index contributed by atoms with van der Waals surface area (Å²) in [5, 5.41) is 0. The van der Waals surface area contributed by atoms with Crippen LogP contribution < -0.4 is 8.37 Å². The van der Waals surface area contributed by atoms with Gasteiger partial charge in [0, 0.05) is 0 Å². The van der Waals surface area contributed by atoms with E-state index in [4.69, 9.17) is 8.37 Å². The molecule has 0 radical (unpaired) electrons. The van der Waals surface area contributed by atoms with Crippen molar-refractivity contribution in [3.63, 3.8) is 0 Å². The van der Waals surface area contributed by atoms with Gasteiger partial charge in [0.2, 0.25) is 0 Å². The third-order valence-corrected chi connectivity index (χ3v) is 3.93. The Morgan fingerprint density at radius 1 is 0.682 bits per heavy atom. The normalized spacial score (nSPS) is 10.7. The first-order chi connectivity index (χ1) is 9.80. The molecular formula is C16H21O4PS. The second-order valence-electron chi connectivity index (χ2n) is 5.02. The Labute approximate surface area is 135 Å². The van der Waals surface area contributed by atoms with E-state index in [9.17, 15) is 8.42 Å². The van der Waals surface area contributed by atoms with E-state index in [-0.39, 0.29) is 9.90 Å². The van der Waals surface area contributed by atoms with Crippen LogP contribution in [0.3, 0.4) is 0 Å². The predicted molar refractivity (Wildman–Crippen MR) is 93.1 cm³/mol. The molecule has 0 saturated heterocycles. The van der Waals surface area contributed by atoms with Crippen molar-refractivity contribution >= 4 is 20.3 Å². The minimum Gasteiger partial charge on any atom is -0.352 e. The van der Waals surface area contributed by atoms with Gasteiger partial charge in [-0.3, -0.25) is 0 Å². The standard InChI is InChI=1S/C16H18O4S.H3P/c1-11-7-5-8-12(2)15(11)19-21(17,18)20-16-13(3)9-6-10-14(16)4;/h5-10H,1-4H3;1H3. The van der Waals surface area contributed by atoms with Gasteiger partial charge in [-0.2, -0.15) is 9.90 Å². The van der Waals surface area contributed by atoms with E-state index >= 15 is 0 Å². The van der Waals surface area contributed by atoms with E-state index < -0.39 is 10.4 Å². The SMILES string of the molecule is Cc1cccc(C)c1OS(=O)(=O)Oc1c(C)cccc1C.P. The van der Waals surface area contributed by atoms with Crippen LogP contribution in [0.4, 0.5) is 0 Å². The lowest BCUT2D eigenvalue weighted by molar-refractivity contribution is 0.388. The van der Waals surface area contributed by atoms with Gasteiger partial charge in [0.1, 0.15) is 0 Å². The molecule has 0 heterocycles. The van der Waals surface area contributed by atoms with E-state index in [0.29, 0.717) is 11.5 Å². The summed E-state index contributed by atoms with van der Waals surface area (Å²) in [5.41, 5.74) is 2.96. The minimum atomic E-state index is -4.18. The van der Waals surface area contributed by atoms with Gasteiger partial charge in [0.25, 0.3) is 0 Å². The van der Waals surface area contributed by atoms with Crippen molar-refractivity contribution in [2.75, 3.05) is 0 Å². The molecule has 0 spiro atoms. The van der Waals surface area contributed by atoms with Crippen molar-refractivity contribution in [2.24, 2.45) is 0 Å². The lowest BCUT2D eigenvalue weighted by Gasteiger charge is -2.14. The van der Waals surface area contributed by atoms with E-state index in [1.165, 1.54) is 0 Å². The van der Waals surface area contributed by atoms with Gasteiger partial charge in [-0.15, -0.1) is 8.42 Å². The van der Waals surface area contributed by atoms with Crippen LogP contribution in [0.5, 0.6) is 11.5 Å². The molecule has 120 valence electrons. The highest BCUT2D eigenvalue weighted by Crippen LogP contribution is 2.28. The van der Waals surface area contributed by atoms with Crippen LogP contribution in [0, 0.1) is 27.7 Å². The fraction of sp³-hybridized carbons (Fsp3) is 0.250. The zero-order valence-electron chi connectivity index (χ0n) is 13.2. The predicted octanol–water partition coefficient (Wildman–Crippen LogP) is 3.68. The lowest BCUT2D eigenvalue weighted by atomic mass is 10.1. The molecule has 0 aliphatic rings. The Morgan fingerprint density at radius 2 is 0.955 bits per heavy atom. The smallest absolute Gasteiger partial charge is 0.352 e. The van der Waals surface area contributed by atoms with E-state index in [1.807, 2.05) is 12.1 Å². The van der Waals surface area contributed by atoms with Gasteiger partial charge < -0.3 is 8.37 Å². The highest BCUT2D eigenvalue weighted by atomic mass is 32.3. The van der Waals surface area contributed by atoms with E-state index in [1.54, 1.807) is 52.0 Å². The molecule has 0 saturated carbocycles. The maximum absolute atomic E-state index is 12.1. The summed E-state index contributed by atoms with van der Waals surface area (Å²) in [6.07, 6.45) is 0. The van der Waals surface area contributed by atoms with Crippen LogP contribution in [-0.4, -0.2) is 8.42 Å². The number of hydrogen-bond donors (Lipinski definition) is 0. The minimum absolute atomic E-state index is 0. The highest BCUT2D eigenvalue weighted by molar-refractivity contribution is 7.82. The average molecular weight is 340 g/mol. The van der Waals surface area contributed by atoms with Crippen molar-refractivity contribution in [1.82, 2.24) is 0 Å². The fourth-order valence-electron chi connectivity index (χ4n) is 2.08. The number of aryl methyl sites for hydroxylation is 4. The van der Waals surface area contributed by atoms with Crippen LogP contribution in [0.25, 0.3) is 0 Å². The van der Waals surface area contributed by atoms with Crippen LogP contribution in [0.15, 0.2) is 36.4 Å². The summed E-state index contributed by atoms with van der Waals surface area (Å²) in [6, 6.07) is 10.8. The Hall–Kier alpha value is -1.58. The maximum atomic E-state index is 12.1. The van der Waals surface area contributed by atoms with Gasteiger partial charge in [-0.1, -0.05) is 36.4 Å². The van der Waals surface area contributed by atoms with Crippen LogP contribution in [0.2, 0.25) is 0 Å². The monoisotopic (exact) mass is 340 g/mol. The van der Waals surface area contributed by atoms with Gasteiger partial charge >= 0.3 is 10.4 Å². The Kier molecular flexibility index (Phi) is 5.98. The maximum Gasteiger partial charge on any atom is 0.501 e. The number of benzene rings is 2. The van der Waals surface area contributed by atoms with Crippen molar-refractivity contribution in [3.05, 3.63) is 58.7 Å². The molecule has 0 bridgehead atoms. The van der Waals surface area contributed by atoms with Crippen molar-refractivity contribution in [2.45, 2.75) is 27.7 Å². The average Bonchev–Trinajstić information content (AvgIpc) is 2.39. The van der Waals surface area contributed by atoms with Crippen LogP contribution >= 0.6 is 9.90 Å². The molecule has 1 atom stereocenters. The third-order valence-electron chi connectivity index (χ3n) is 3.19. The van der Waals surface area contributed by atoms with E-state index in [2.05, 4.69) is 0 Å². The van der Waals surface area contributed by atoms with Gasteiger partial charge in [-0.05, 0) is 49.9 Å². The summed E-state index contributed by atoms with van der Waals surface area (Å²) < 4.78 is 34.5. The molecular weight excluding hydrogens is 319 g/mol. The molecule has 2 aromatic rings. The molecule has 0 N–H and O–H groups in total. The zero-order chi connectivity index (χ0) is 15.6. The Balaban J connectivity index is 0.00000242. The number of para-hydroxylation sites is 2. The number of hydrogen-bond acceptors (Lipinski definition) is 4. The molecule has 0 fully saturated rings. The highest BCUT2D eigenvalue weighted by Gasteiger charge is 2.20. The molecule has 0 amide bonds. The topological polar surface area (TPSA) is 52.6 Å². The lowest BCUT2D eigenvalue weighted by Crippen LogP contribution is -2.18. The summed E-state index contributed by atoms with van der Waals surface area (Å²) in [4.78, 5) is 0. The van der Waals surface area contributed by atoms with Gasteiger partial charge in [0.05, 0.1) is 0 Å². The quantitative estimate of drug-likeness (QED) is 0.797. The first kappa shape index (κ1) is 18.5. The van der Waals surface area contributed by atoms with Crippen LogP contribution in [0.1, 0.15) is 22.3 Å². The second kappa shape index (κ2) is 7.12. The first-order valence-corrected chi connectivity index (χ1v) is 7.90. The molecule has 2 rings (SSSR count). The fourth-order valence-corrected chi connectivity index (χ4v) is 3.05.